The van der Waals surface area contributed by atoms with Crippen LogP contribution in [0.3, 0.4) is 0 Å². The molecular weight excluding hydrogens is 124 g/mol. The zero-order valence-electron chi connectivity index (χ0n) is 6.75. The van der Waals surface area contributed by atoms with Crippen molar-refractivity contribution in [2.24, 2.45) is 23.7 Å². The molecule has 10 heavy (non-hydrogen) atoms. The van der Waals surface area contributed by atoms with E-state index < -0.39 is 0 Å². The predicted octanol–water partition coefficient (Wildman–Crippen LogP) is 1.66. The van der Waals surface area contributed by atoms with Crippen LogP contribution in [-0.2, 0) is 0 Å². The Labute approximate surface area is 62.4 Å². The van der Waals surface area contributed by atoms with E-state index in [1.807, 2.05) is 0 Å². The zero-order valence-corrected chi connectivity index (χ0v) is 6.75. The quantitative estimate of drug-likeness (QED) is 0.542. The van der Waals surface area contributed by atoms with E-state index in [9.17, 15) is 5.11 Å². The van der Waals surface area contributed by atoms with Gasteiger partial charge in [0.2, 0.25) is 0 Å². The lowest BCUT2D eigenvalue weighted by Crippen LogP contribution is -2.50. The van der Waals surface area contributed by atoms with Crippen LogP contribution in [0.15, 0.2) is 0 Å². The highest BCUT2D eigenvalue weighted by Gasteiger charge is 2.48. The van der Waals surface area contributed by atoms with Crippen LogP contribution >= 0.6 is 0 Å². The molecule has 0 aromatic rings. The van der Waals surface area contributed by atoms with Crippen LogP contribution in [0.4, 0.5) is 0 Å². The van der Waals surface area contributed by atoms with E-state index in [0.717, 1.165) is 24.2 Å². The van der Waals surface area contributed by atoms with Gasteiger partial charge in [-0.25, -0.2) is 0 Å². The average Bonchev–Trinajstić information content (AvgIpc) is 1.92. The SMILES string of the molecule is CC1[C@@H]2C[C@@H](O)[C@H](C)[C@H]1C2. The second kappa shape index (κ2) is 1.97. The summed E-state index contributed by atoms with van der Waals surface area (Å²) in [6.07, 6.45) is 2.47. The maximum absolute atomic E-state index is 9.50. The van der Waals surface area contributed by atoms with E-state index in [1.54, 1.807) is 0 Å². The van der Waals surface area contributed by atoms with Crippen LogP contribution in [0.5, 0.6) is 0 Å². The van der Waals surface area contributed by atoms with Crippen LogP contribution in [0.2, 0.25) is 0 Å². The fourth-order valence-electron chi connectivity index (χ4n) is 2.75. The Kier molecular flexibility index (Phi) is 1.31. The van der Waals surface area contributed by atoms with Gasteiger partial charge in [-0.15, -0.1) is 0 Å². The standard InChI is InChI=1S/C9H16O/c1-5-7-3-8(5)6(2)9(10)4-7/h5-10H,3-4H2,1-2H3/t5?,6-,7+,8+,9-/m1/s1. The van der Waals surface area contributed by atoms with Crippen LogP contribution < -0.4 is 0 Å². The molecule has 1 unspecified atom stereocenters. The van der Waals surface area contributed by atoms with Gasteiger partial charge in [0.25, 0.3) is 0 Å². The first-order valence-electron chi connectivity index (χ1n) is 4.38. The van der Waals surface area contributed by atoms with Gasteiger partial charge in [-0.2, -0.15) is 0 Å². The molecule has 1 heteroatoms. The van der Waals surface area contributed by atoms with Crippen LogP contribution in [0, 0.1) is 23.7 Å². The van der Waals surface area contributed by atoms with Gasteiger partial charge >= 0.3 is 0 Å². The smallest absolute Gasteiger partial charge is 0.0571 e. The number of hydrogen-bond acceptors (Lipinski definition) is 1. The molecule has 0 spiro atoms. The van der Waals surface area contributed by atoms with Crippen molar-refractivity contribution in [2.75, 3.05) is 0 Å². The Morgan fingerprint density at radius 1 is 1.10 bits per heavy atom. The molecule has 3 rings (SSSR count). The minimum absolute atomic E-state index is 0.0138. The van der Waals surface area contributed by atoms with Crippen molar-refractivity contribution in [1.29, 1.82) is 0 Å². The zero-order chi connectivity index (χ0) is 7.30. The Morgan fingerprint density at radius 2 is 1.80 bits per heavy atom. The largest absolute Gasteiger partial charge is 0.393 e. The number of aliphatic hydroxyl groups excluding tert-OH is 1. The van der Waals surface area contributed by atoms with Gasteiger partial charge in [-0.05, 0) is 36.5 Å². The maximum Gasteiger partial charge on any atom is 0.0571 e. The average molecular weight is 140 g/mol. The Hall–Kier alpha value is -0.0400. The third-order valence-electron chi connectivity index (χ3n) is 3.82. The fraction of sp³-hybridized carbons (Fsp3) is 1.00. The molecule has 0 aromatic heterocycles. The first-order valence-corrected chi connectivity index (χ1v) is 4.38. The van der Waals surface area contributed by atoms with Crippen LogP contribution in [0.1, 0.15) is 26.7 Å². The Balaban J connectivity index is 2.08. The minimum Gasteiger partial charge on any atom is -0.393 e. The summed E-state index contributed by atoms with van der Waals surface area (Å²) >= 11 is 0. The van der Waals surface area contributed by atoms with Gasteiger partial charge in [0.15, 0.2) is 0 Å². The molecule has 0 aromatic carbocycles. The second-order valence-corrected chi connectivity index (χ2v) is 4.18. The van der Waals surface area contributed by atoms with E-state index in [2.05, 4.69) is 13.8 Å². The van der Waals surface area contributed by atoms with E-state index in [4.69, 9.17) is 0 Å². The van der Waals surface area contributed by atoms with Crippen molar-refractivity contribution in [1.82, 2.24) is 0 Å². The second-order valence-electron chi connectivity index (χ2n) is 4.18. The van der Waals surface area contributed by atoms with Crippen LogP contribution in [0.25, 0.3) is 0 Å². The number of hydrogen-bond donors (Lipinski definition) is 1. The summed E-state index contributed by atoms with van der Waals surface area (Å²) < 4.78 is 0. The summed E-state index contributed by atoms with van der Waals surface area (Å²) in [6, 6.07) is 0. The monoisotopic (exact) mass is 140 g/mol. The Morgan fingerprint density at radius 3 is 2.20 bits per heavy atom. The first-order chi connectivity index (χ1) is 4.70. The molecule has 1 N–H and O–H groups in total. The molecule has 0 amide bonds. The lowest BCUT2D eigenvalue weighted by Gasteiger charge is -2.53. The summed E-state index contributed by atoms with van der Waals surface area (Å²) in [5, 5.41) is 9.50. The number of aliphatic hydroxyl groups is 1. The van der Waals surface area contributed by atoms with Crippen molar-refractivity contribution in [3.63, 3.8) is 0 Å². The maximum atomic E-state index is 9.50. The summed E-state index contributed by atoms with van der Waals surface area (Å²) in [7, 11) is 0. The normalized spacial score (nSPS) is 59.7. The molecule has 5 atom stereocenters. The van der Waals surface area contributed by atoms with Gasteiger partial charge in [-0.3, -0.25) is 0 Å². The highest BCUT2D eigenvalue weighted by atomic mass is 16.3. The van der Waals surface area contributed by atoms with Gasteiger partial charge in [0, 0.05) is 0 Å². The third-order valence-corrected chi connectivity index (χ3v) is 3.82. The molecule has 2 bridgehead atoms. The number of rotatable bonds is 0. The van der Waals surface area contributed by atoms with Crippen molar-refractivity contribution < 1.29 is 5.11 Å². The lowest BCUT2D eigenvalue weighted by atomic mass is 9.53. The predicted molar refractivity (Wildman–Crippen MR) is 40.5 cm³/mol. The summed E-state index contributed by atoms with van der Waals surface area (Å²) in [5.74, 6) is 3.17. The summed E-state index contributed by atoms with van der Waals surface area (Å²) in [4.78, 5) is 0. The molecular formula is C9H16O. The van der Waals surface area contributed by atoms with Crippen molar-refractivity contribution in [2.45, 2.75) is 32.8 Å². The van der Waals surface area contributed by atoms with Crippen molar-refractivity contribution in [3.8, 4) is 0 Å². The van der Waals surface area contributed by atoms with E-state index in [-0.39, 0.29) is 6.10 Å². The molecule has 0 radical (unpaired) electrons. The van der Waals surface area contributed by atoms with Crippen molar-refractivity contribution in [3.05, 3.63) is 0 Å². The third kappa shape index (κ3) is 0.672. The summed E-state index contributed by atoms with van der Waals surface area (Å²) in [6.45, 7) is 4.53. The highest BCUT2D eigenvalue weighted by molar-refractivity contribution is 4.97. The van der Waals surface area contributed by atoms with E-state index in [0.29, 0.717) is 5.92 Å². The fourth-order valence-corrected chi connectivity index (χ4v) is 2.75. The highest BCUT2D eigenvalue weighted by Crippen LogP contribution is 2.52. The minimum atomic E-state index is 0.0138. The molecule has 58 valence electrons. The molecule has 0 saturated heterocycles. The summed E-state index contributed by atoms with van der Waals surface area (Å²) in [5.41, 5.74) is 0. The Bertz CT molecular complexity index is 140. The van der Waals surface area contributed by atoms with Gasteiger partial charge in [-0.1, -0.05) is 13.8 Å². The van der Waals surface area contributed by atoms with Crippen molar-refractivity contribution >= 4 is 0 Å². The van der Waals surface area contributed by atoms with Gasteiger partial charge in [0.1, 0.15) is 0 Å². The molecule has 3 aliphatic rings. The van der Waals surface area contributed by atoms with E-state index >= 15 is 0 Å². The van der Waals surface area contributed by atoms with E-state index in [1.165, 1.54) is 6.42 Å². The van der Waals surface area contributed by atoms with Gasteiger partial charge in [0.05, 0.1) is 6.10 Å². The molecule has 3 aliphatic carbocycles. The lowest BCUT2D eigenvalue weighted by molar-refractivity contribution is -0.0972. The van der Waals surface area contributed by atoms with Gasteiger partial charge < -0.3 is 5.11 Å². The molecule has 3 saturated carbocycles. The topological polar surface area (TPSA) is 20.2 Å². The number of fused-ring (bicyclic) bond motifs is 2. The first kappa shape index (κ1) is 6.66. The molecule has 0 heterocycles. The molecule has 3 fully saturated rings. The molecule has 0 aliphatic heterocycles. The molecule has 1 nitrogen and oxygen atoms in total. The van der Waals surface area contributed by atoms with Crippen LogP contribution in [-0.4, -0.2) is 11.2 Å².